The van der Waals surface area contributed by atoms with Crippen LogP contribution in [-0.4, -0.2) is 18.6 Å². The lowest BCUT2D eigenvalue weighted by Gasteiger charge is -2.09. The summed E-state index contributed by atoms with van der Waals surface area (Å²) in [5.41, 5.74) is 5.06. The maximum Gasteiger partial charge on any atom is 0.264 e. The quantitative estimate of drug-likeness (QED) is 0.766. The molecule has 1 heterocycles. The Hall–Kier alpha value is -1.97. The van der Waals surface area contributed by atoms with Crippen LogP contribution in [0.2, 0.25) is 5.02 Å². The molecule has 0 amide bonds. The Morgan fingerprint density at radius 1 is 1.38 bits per heavy atom. The van der Waals surface area contributed by atoms with Crippen LogP contribution in [0, 0.1) is 5.82 Å². The average Bonchev–Trinajstić information content (AvgIpc) is 2.44. The molecule has 0 fully saturated rings. The molecule has 0 unspecified atom stereocenters. The molecule has 0 bridgehead atoms. The lowest BCUT2D eigenvalue weighted by atomic mass is 10.2. The number of nitrogens with one attached hydrogen (secondary N) is 2. The van der Waals surface area contributed by atoms with E-state index >= 15 is 0 Å². The number of hydrogen-bond donors (Lipinski definition) is 3. The van der Waals surface area contributed by atoms with E-state index in [1.165, 1.54) is 12.1 Å². The zero-order valence-corrected chi connectivity index (χ0v) is 12.0. The zero-order valence-electron chi connectivity index (χ0n) is 10.4. The third-order valence-corrected chi connectivity index (χ3v) is 4.28. The Kier molecular flexibility index (Phi) is 4.26. The van der Waals surface area contributed by atoms with Gasteiger partial charge in [0, 0.05) is 12.6 Å². The van der Waals surface area contributed by atoms with Crippen molar-refractivity contribution in [3.8, 4) is 0 Å². The van der Waals surface area contributed by atoms with Crippen molar-refractivity contribution in [2.24, 2.45) is 5.73 Å². The van der Waals surface area contributed by atoms with E-state index in [9.17, 15) is 17.6 Å². The van der Waals surface area contributed by atoms with Gasteiger partial charge in [-0.05, 0) is 23.8 Å². The molecule has 2 rings (SSSR count). The Morgan fingerprint density at radius 3 is 2.67 bits per heavy atom. The normalized spacial score (nSPS) is 11.4. The summed E-state index contributed by atoms with van der Waals surface area (Å²) in [4.78, 5) is 10.5. The summed E-state index contributed by atoms with van der Waals surface area (Å²) in [6.45, 7) is -0.115. The number of aromatic nitrogens is 2. The molecule has 0 spiro atoms. The number of hydrogen-bond acceptors (Lipinski definition) is 5. The Labute approximate surface area is 124 Å². The van der Waals surface area contributed by atoms with Gasteiger partial charge in [0.1, 0.15) is 5.82 Å². The van der Waals surface area contributed by atoms with Gasteiger partial charge in [-0.3, -0.25) is 9.52 Å². The molecule has 10 heteroatoms. The number of aromatic amines is 1. The van der Waals surface area contributed by atoms with Gasteiger partial charge in [0.25, 0.3) is 15.6 Å². The fraction of sp³-hybridized carbons (Fsp3) is 0.0909. The number of rotatable bonds is 4. The van der Waals surface area contributed by atoms with Gasteiger partial charge in [-0.1, -0.05) is 11.6 Å². The first-order valence-electron chi connectivity index (χ1n) is 5.60. The summed E-state index contributed by atoms with van der Waals surface area (Å²) in [5, 5.41) is 5.35. The van der Waals surface area contributed by atoms with E-state index in [0.717, 1.165) is 12.1 Å². The molecule has 0 saturated carbocycles. The van der Waals surface area contributed by atoms with Crippen LogP contribution in [0.3, 0.4) is 0 Å². The van der Waals surface area contributed by atoms with Crippen molar-refractivity contribution in [1.82, 2.24) is 10.2 Å². The second-order valence-electron chi connectivity index (χ2n) is 3.99. The Bertz CT molecular complexity index is 817. The predicted molar refractivity (Wildman–Crippen MR) is 75.0 cm³/mol. The molecule has 7 nitrogen and oxygen atoms in total. The number of benzene rings is 1. The van der Waals surface area contributed by atoms with Gasteiger partial charge in [-0.2, -0.15) is 5.10 Å². The number of nitrogens with zero attached hydrogens (tertiary/aromatic N) is 1. The van der Waals surface area contributed by atoms with E-state index < -0.39 is 21.4 Å². The first-order chi connectivity index (χ1) is 9.83. The van der Waals surface area contributed by atoms with Gasteiger partial charge in [-0.25, -0.2) is 17.9 Å². The van der Waals surface area contributed by atoms with E-state index in [4.69, 9.17) is 17.3 Å². The highest BCUT2D eigenvalue weighted by atomic mass is 35.5. The second kappa shape index (κ2) is 5.80. The molecule has 4 N–H and O–H groups in total. The third-order valence-electron chi connectivity index (χ3n) is 2.53. The highest BCUT2D eigenvalue weighted by Gasteiger charge is 2.19. The van der Waals surface area contributed by atoms with E-state index in [1.54, 1.807) is 0 Å². The largest absolute Gasteiger partial charge is 0.326 e. The van der Waals surface area contributed by atoms with Crippen LogP contribution in [0.4, 0.5) is 10.2 Å². The number of nitrogens with two attached hydrogens (primary N) is 1. The molecule has 1 aromatic carbocycles. The fourth-order valence-corrected chi connectivity index (χ4v) is 2.77. The smallest absolute Gasteiger partial charge is 0.264 e. The molecule has 0 saturated heterocycles. The first kappa shape index (κ1) is 15.4. The molecule has 0 aliphatic carbocycles. The molecule has 21 heavy (non-hydrogen) atoms. The molecule has 0 aliphatic rings. The zero-order chi connectivity index (χ0) is 15.6. The van der Waals surface area contributed by atoms with Gasteiger partial charge >= 0.3 is 0 Å². The topological polar surface area (TPSA) is 118 Å². The molecule has 0 aliphatic heterocycles. The summed E-state index contributed by atoms with van der Waals surface area (Å²) < 4.78 is 40.0. The van der Waals surface area contributed by atoms with Crippen LogP contribution < -0.4 is 16.0 Å². The van der Waals surface area contributed by atoms with Gasteiger partial charge in [-0.15, -0.1) is 0 Å². The van der Waals surface area contributed by atoms with E-state index in [2.05, 4.69) is 14.9 Å². The van der Waals surface area contributed by atoms with Crippen LogP contribution >= 0.6 is 11.6 Å². The highest BCUT2D eigenvalue weighted by Crippen LogP contribution is 2.25. The van der Waals surface area contributed by atoms with Gasteiger partial charge < -0.3 is 5.73 Å². The summed E-state index contributed by atoms with van der Waals surface area (Å²) in [6, 6.07) is 4.21. The van der Waals surface area contributed by atoms with E-state index in [1.807, 2.05) is 0 Å². The minimum absolute atomic E-state index is 0.112. The monoisotopic (exact) mass is 332 g/mol. The van der Waals surface area contributed by atoms with Gasteiger partial charge in [0.15, 0.2) is 5.82 Å². The fourth-order valence-electron chi connectivity index (χ4n) is 1.52. The maximum absolute atomic E-state index is 13.6. The molecule has 1 aromatic heterocycles. The number of halogens is 2. The van der Waals surface area contributed by atoms with Crippen molar-refractivity contribution in [1.29, 1.82) is 0 Å². The Morgan fingerprint density at radius 2 is 2.10 bits per heavy atom. The second-order valence-corrected chi connectivity index (χ2v) is 6.05. The molecular weight excluding hydrogens is 323 g/mol. The lowest BCUT2D eigenvalue weighted by Crippen LogP contribution is -2.17. The average molecular weight is 333 g/mol. The summed E-state index contributed by atoms with van der Waals surface area (Å²) in [7, 11) is -4.09. The number of sulfonamides is 1. The van der Waals surface area contributed by atoms with Gasteiger partial charge in [0.05, 0.1) is 9.92 Å². The molecule has 0 atom stereocenters. The van der Waals surface area contributed by atoms with E-state index in [-0.39, 0.29) is 27.8 Å². The molecular formula is C11H10ClFN4O3S. The summed E-state index contributed by atoms with van der Waals surface area (Å²) >= 11 is 5.67. The van der Waals surface area contributed by atoms with Gasteiger partial charge in [0.2, 0.25) is 0 Å². The van der Waals surface area contributed by atoms with Crippen LogP contribution in [0.25, 0.3) is 0 Å². The van der Waals surface area contributed by atoms with Crippen molar-refractivity contribution >= 4 is 27.4 Å². The van der Waals surface area contributed by atoms with Crippen molar-refractivity contribution in [3.05, 3.63) is 51.0 Å². The minimum atomic E-state index is -4.09. The van der Waals surface area contributed by atoms with Crippen LogP contribution in [0.1, 0.15) is 5.56 Å². The SMILES string of the molecule is NCc1cc(S(=O)(=O)Nc2ccc(=O)[nH]n2)cc(F)c1Cl. The van der Waals surface area contributed by atoms with Crippen LogP contribution in [0.15, 0.2) is 34.0 Å². The standard InChI is InChI=1S/C11H10ClFN4O3S/c12-11-6(5-14)3-7(4-8(11)13)21(19,20)17-9-1-2-10(18)16-15-9/h1-4H,5,14H2,(H,15,17)(H,16,18). The summed E-state index contributed by atoms with van der Waals surface area (Å²) in [6.07, 6.45) is 0. The number of anilines is 1. The molecule has 2 aromatic rings. The highest BCUT2D eigenvalue weighted by molar-refractivity contribution is 7.92. The predicted octanol–water partition coefficient (Wildman–Crippen LogP) is 0.822. The number of H-pyrrole nitrogens is 1. The third kappa shape index (κ3) is 3.38. The van der Waals surface area contributed by atoms with E-state index in [0.29, 0.717) is 0 Å². The van der Waals surface area contributed by atoms with Crippen molar-refractivity contribution in [2.75, 3.05) is 4.72 Å². The molecule has 112 valence electrons. The lowest BCUT2D eigenvalue weighted by molar-refractivity contribution is 0.594. The van der Waals surface area contributed by atoms with Crippen LogP contribution in [-0.2, 0) is 16.6 Å². The minimum Gasteiger partial charge on any atom is -0.326 e. The van der Waals surface area contributed by atoms with Crippen molar-refractivity contribution in [2.45, 2.75) is 11.4 Å². The molecule has 0 radical (unpaired) electrons. The van der Waals surface area contributed by atoms with Crippen LogP contribution in [0.5, 0.6) is 0 Å². The Balaban J connectivity index is 2.42. The van der Waals surface area contributed by atoms with Crippen molar-refractivity contribution < 1.29 is 12.8 Å². The van der Waals surface area contributed by atoms with Crippen molar-refractivity contribution in [3.63, 3.8) is 0 Å². The first-order valence-corrected chi connectivity index (χ1v) is 7.46. The maximum atomic E-state index is 13.6. The summed E-state index contributed by atoms with van der Waals surface area (Å²) in [5.74, 6) is -1.01.